The molecule has 82 valence electrons. The van der Waals surface area contributed by atoms with Gasteiger partial charge in [-0.15, -0.1) is 0 Å². The molecule has 4 nitrogen and oxygen atoms in total. The molecule has 0 aromatic rings. The van der Waals surface area contributed by atoms with E-state index in [4.69, 9.17) is 14.3 Å². The van der Waals surface area contributed by atoms with Gasteiger partial charge in [0.2, 0.25) is 0 Å². The number of ether oxygens (including phenoxy) is 2. The van der Waals surface area contributed by atoms with Crippen molar-refractivity contribution in [3.8, 4) is 0 Å². The van der Waals surface area contributed by atoms with Crippen LogP contribution in [0.25, 0.3) is 0 Å². The number of hydrogen-bond donors (Lipinski definition) is 1. The Labute approximate surface area is 84.9 Å². The van der Waals surface area contributed by atoms with Gasteiger partial charge < -0.3 is 9.47 Å². The van der Waals surface area contributed by atoms with Crippen molar-refractivity contribution in [2.45, 2.75) is 37.8 Å². The zero-order valence-corrected chi connectivity index (χ0v) is 8.54. The Morgan fingerprint density at radius 1 is 1.00 bits per heavy atom. The first-order valence-electron chi connectivity index (χ1n) is 5.52. The number of hydroxylamine groups is 1. The van der Waals surface area contributed by atoms with Gasteiger partial charge in [0, 0.05) is 0 Å². The fourth-order valence-electron chi connectivity index (χ4n) is 1.88. The lowest BCUT2D eigenvalue weighted by atomic mass is 10.3. The molecule has 1 saturated carbocycles. The first kappa shape index (κ1) is 10.4. The third kappa shape index (κ3) is 3.20. The molecule has 1 aliphatic heterocycles. The van der Waals surface area contributed by atoms with E-state index in [1.165, 1.54) is 25.7 Å². The Morgan fingerprint density at radius 2 is 1.64 bits per heavy atom. The van der Waals surface area contributed by atoms with Gasteiger partial charge >= 0.3 is 0 Å². The minimum absolute atomic E-state index is 0.193. The van der Waals surface area contributed by atoms with Gasteiger partial charge in [-0.25, -0.2) is 0 Å². The second-order valence-corrected chi connectivity index (χ2v) is 3.99. The van der Waals surface area contributed by atoms with E-state index in [0.29, 0.717) is 32.5 Å². The van der Waals surface area contributed by atoms with Crippen LogP contribution >= 0.6 is 0 Å². The topological polar surface area (TPSA) is 39.7 Å². The monoisotopic (exact) mass is 201 g/mol. The van der Waals surface area contributed by atoms with Crippen molar-refractivity contribution in [3.63, 3.8) is 0 Å². The van der Waals surface area contributed by atoms with Crippen molar-refractivity contribution >= 4 is 0 Å². The predicted molar refractivity (Wildman–Crippen MR) is 51.9 cm³/mol. The molecule has 0 aromatic carbocycles. The summed E-state index contributed by atoms with van der Waals surface area (Å²) in [6.45, 7) is 2.77. The van der Waals surface area contributed by atoms with Gasteiger partial charge in [0.15, 0.2) is 0 Å². The average Bonchev–Trinajstić information content (AvgIpc) is 2.58. The molecular weight excluding hydrogens is 182 g/mol. The maximum Gasteiger partial charge on any atom is 0.0790 e. The van der Waals surface area contributed by atoms with Gasteiger partial charge in [-0.1, -0.05) is 12.8 Å². The van der Waals surface area contributed by atoms with Crippen LogP contribution in [0.15, 0.2) is 0 Å². The Morgan fingerprint density at radius 3 is 2.29 bits per heavy atom. The third-order valence-corrected chi connectivity index (χ3v) is 2.71. The van der Waals surface area contributed by atoms with E-state index in [9.17, 15) is 0 Å². The average molecular weight is 201 g/mol. The molecule has 0 radical (unpaired) electrons. The lowest BCUT2D eigenvalue weighted by Crippen LogP contribution is -2.38. The van der Waals surface area contributed by atoms with Gasteiger partial charge in [0.1, 0.15) is 0 Å². The minimum atomic E-state index is 0.193. The lowest BCUT2D eigenvalue weighted by Gasteiger charge is -2.18. The van der Waals surface area contributed by atoms with Gasteiger partial charge in [0.05, 0.1) is 38.6 Å². The standard InChI is InChI=1S/C10H19NO3/c1-2-4-10(3-1)14-11-9-7-12-5-6-13-8-9/h9-11H,1-8H2. The molecule has 4 heteroatoms. The Bertz CT molecular complexity index is 151. The molecule has 0 aromatic heterocycles. The second-order valence-electron chi connectivity index (χ2n) is 3.99. The summed E-state index contributed by atoms with van der Waals surface area (Å²) >= 11 is 0. The van der Waals surface area contributed by atoms with Gasteiger partial charge in [-0.3, -0.25) is 4.84 Å². The lowest BCUT2D eigenvalue weighted by molar-refractivity contribution is -0.0586. The van der Waals surface area contributed by atoms with Crippen LogP contribution in [-0.2, 0) is 14.3 Å². The Hall–Kier alpha value is -0.160. The van der Waals surface area contributed by atoms with E-state index < -0.39 is 0 Å². The van der Waals surface area contributed by atoms with Crippen molar-refractivity contribution in [1.82, 2.24) is 5.48 Å². The van der Waals surface area contributed by atoms with Crippen molar-refractivity contribution in [3.05, 3.63) is 0 Å². The summed E-state index contributed by atoms with van der Waals surface area (Å²) in [4.78, 5) is 5.59. The highest BCUT2D eigenvalue weighted by molar-refractivity contribution is 4.68. The normalized spacial score (nSPS) is 26.6. The maximum atomic E-state index is 5.59. The predicted octanol–water partition coefficient (Wildman–Crippen LogP) is 0.866. The number of hydrogen-bond acceptors (Lipinski definition) is 4. The summed E-state index contributed by atoms with van der Waals surface area (Å²) < 4.78 is 10.7. The van der Waals surface area contributed by atoms with Crippen LogP contribution in [0.4, 0.5) is 0 Å². The molecule has 0 atom stereocenters. The molecule has 2 aliphatic rings. The van der Waals surface area contributed by atoms with E-state index >= 15 is 0 Å². The highest BCUT2D eigenvalue weighted by Crippen LogP contribution is 2.20. The van der Waals surface area contributed by atoms with Gasteiger partial charge in [-0.05, 0) is 12.8 Å². The third-order valence-electron chi connectivity index (χ3n) is 2.71. The molecule has 1 N–H and O–H groups in total. The molecule has 0 bridgehead atoms. The van der Waals surface area contributed by atoms with Crippen molar-refractivity contribution in [2.24, 2.45) is 0 Å². The first-order valence-corrected chi connectivity index (χ1v) is 5.52. The van der Waals surface area contributed by atoms with E-state index in [1.807, 2.05) is 0 Å². The molecule has 1 heterocycles. The SMILES string of the molecule is C1CCC(ONC2COCCOC2)C1. The molecule has 2 rings (SSSR count). The Balaban J connectivity index is 1.62. The largest absolute Gasteiger partial charge is 0.377 e. The number of nitrogens with one attached hydrogen (secondary N) is 1. The van der Waals surface area contributed by atoms with E-state index in [1.54, 1.807) is 0 Å². The van der Waals surface area contributed by atoms with Crippen LogP contribution in [-0.4, -0.2) is 38.6 Å². The van der Waals surface area contributed by atoms with E-state index in [2.05, 4.69) is 5.48 Å². The van der Waals surface area contributed by atoms with Gasteiger partial charge in [-0.2, -0.15) is 5.48 Å². The van der Waals surface area contributed by atoms with Crippen LogP contribution in [0, 0.1) is 0 Å². The summed E-state index contributed by atoms with van der Waals surface area (Å²) in [6, 6.07) is 0.193. The van der Waals surface area contributed by atoms with Crippen LogP contribution in [0.3, 0.4) is 0 Å². The summed E-state index contributed by atoms with van der Waals surface area (Å²) in [5.74, 6) is 0. The zero-order valence-electron chi connectivity index (χ0n) is 8.54. The van der Waals surface area contributed by atoms with E-state index in [-0.39, 0.29) is 6.04 Å². The van der Waals surface area contributed by atoms with Crippen LogP contribution in [0.1, 0.15) is 25.7 Å². The van der Waals surface area contributed by atoms with Crippen LogP contribution < -0.4 is 5.48 Å². The summed E-state index contributed by atoms with van der Waals surface area (Å²) in [7, 11) is 0. The van der Waals surface area contributed by atoms with E-state index in [0.717, 1.165) is 0 Å². The van der Waals surface area contributed by atoms with Crippen LogP contribution in [0.5, 0.6) is 0 Å². The van der Waals surface area contributed by atoms with Gasteiger partial charge in [0.25, 0.3) is 0 Å². The minimum Gasteiger partial charge on any atom is -0.377 e. The highest BCUT2D eigenvalue weighted by atomic mass is 16.7. The number of rotatable bonds is 3. The van der Waals surface area contributed by atoms with Crippen LogP contribution in [0.2, 0.25) is 0 Å². The van der Waals surface area contributed by atoms with Crippen molar-refractivity contribution in [1.29, 1.82) is 0 Å². The smallest absolute Gasteiger partial charge is 0.0790 e. The fourth-order valence-corrected chi connectivity index (χ4v) is 1.88. The zero-order chi connectivity index (χ0) is 9.64. The molecular formula is C10H19NO3. The molecule has 14 heavy (non-hydrogen) atoms. The molecule has 0 unspecified atom stereocenters. The highest BCUT2D eigenvalue weighted by Gasteiger charge is 2.18. The molecule has 0 amide bonds. The van der Waals surface area contributed by atoms with Crippen molar-refractivity contribution < 1.29 is 14.3 Å². The second kappa shape index (κ2) is 5.66. The first-order chi connectivity index (χ1) is 6.95. The summed E-state index contributed by atoms with van der Waals surface area (Å²) in [5.41, 5.74) is 3.05. The molecule has 1 saturated heterocycles. The summed E-state index contributed by atoms with van der Waals surface area (Å²) in [6.07, 6.45) is 5.36. The molecule has 1 aliphatic carbocycles. The fraction of sp³-hybridized carbons (Fsp3) is 1.00. The maximum absolute atomic E-state index is 5.59. The molecule has 2 fully saturated rings. The van der Waals surface area contributed by atoms with Crippen molar-refractivity contribution in [2.75, 3.05) is 26.4 Å². The summed E-state index contributed by atoms with van der Waals surface area (Å²) in [5, 5.41) is 0. The molecule has 0 spiro atoms. The Kier molecular flexibility index (Phi) is 4.19. The quantitative estimate of drug-likeness (QED) is 0.688.